The van der Waals surface area contributed by atoms with Crippen LogP contribution < -0.4 is 9.47 Å². The van der Waals surface area contributed by atoms with Crippen molar-refractivity contribution in [1.82, 2.24) is 4.57 Å². The van der Waals surface area contributed by atoms with E-state index >= 15 is 0 Å². The van der Waals surface area contributed by atoms with Crippen molar-refractivity contribution in [3.8, 4) is 23.3 Å². The molecule has 4 rings (SSSR count). The molecule has 0 saturated carbocycles. The minimum atomic E-state index is -0.306. The van der Waals surface area contributed by atoms with Crippen LogP contribution in [0.4, 0.5) is 0 Å². The third-order valence-electron chi connectivity index (χ3n) is 4.71. The lowest BCUT2D eigenvalue weighted by Gasteiger charge is -2.25. The number of nitrogens with zero attached hydrogens (tertiary/aromatic N) is 2. The molecule has 0 saturated heterocycles. The summed E-state index contributed by atoms with van der Waals surface area (Å²) in [6.07, 6.45) is 3.49. The van der Waals surface area contributed by atoms with Crippen molar-refractivity contribution in [1.29, 1.82) is 5.26 Å². The number of halogens is 1. The number of aromatic nitrogens is 1. The first kappa shape index (κ1) is 16.6. The second-order valence-electron chi connectivity index (χ2n) is 6.13. The number of aryl methyl sites for hydroxylation is 1. The zero-order chi connectivity index (χ0) is 18.4. The molecule has 2 aromatic carbocycles. The van der Waals surface area contributed by atoms with Crippen LogP contribution in [0.5, 0.6) is 17.2 Å². The van der Waals surface area contributed by atoms with Crippen molar-refractivity contribution < 1.29 is 14.6 Å². The van der Waals surface area contributed by atoms with Crippen molar-refractivity contribution in [2.75, 3.05) is 7.11 Å². The van der Waals surface area contributed by atoms with Gasteiger partial charge in [0.2, 0.25) is 0 Å². The van der Waals surface area contributed by atoms with Crippen LogP contribution in [-0.4, -0.2) is 16.8 Å². The van der Waals surface area contributed by atoms with Gasteiger partial charge >= 0.3 is 0 Å². The molecule has 6 heteroatoms. The summed E-state index contributed by atoms with van der Waals surface area (Å²) in [7, 11) is 3.48. The van der Waals surface area contributed by atoms with Gasteiger partial charge in [-0.2, -0.15) is 5.26 Å². The van der Waals surface area contributed by atoms with Crippen molar-refractivity contribution in [2.45, 2.75) is 5.92 Å². The van der Waals surface area contributed by atoms with Crippen LogP contribution >= 0.6 is 15.9 Å². The number of rotatable bonds is 2. The van der Waals surface area contributed by atoms with Crippen molar-refractivity contribution in [3.05, 3.63) is 64.0 Å². The molecule has 1 N–H and O–H groups in total. The van der Waals surface area contributed by atoms with Crippen molar-refractivity contribution >= 4 is 26.8 Å². The minimum absolute atomic E-state index is 0.0320. The van der Waals surface area contributed by atoms with Gasteiger partial charge in [0.05, 0.1) is 34.7 Å². The Labute approximate surface area is 158 Å². The van der Waals surface area contributed by atoms with E-state index in [1.54, 1.807) is 12.1 Å². The quantitative estimate of drug-likeness (QED) is 0.670. The molecule has 0 fully saturated rings. The van der Waals surface area contributed by atoms with Crippen LogP contribution in [-0.2, 0) is 7.05 Å². The fourth-order valence-electron chi connectivity index (χ4n) is 3.42. The van der Waals surface area contributed by atoms with Gasteiger partial charge in [-0.25, -0.2) is 0 Å². The van der Waals surface area contributed by atoms with E-state index in [9.17, 15) is 10.4 Å². The molecule has 0 spiro atoms. The Hall–Kier alpha value is -2.91. The molecule has 1 aliphatic rings. The molecule has 26 heavy (non-hydrogen) atoms. The highest BCUT2D eigenvalue weighted by Crippen LogP contribution is 2.47. The van der Waals surface area contributed by atoms with Crippen molar-refractivity contribution in [3.63, 3.8) is 0 Å². The summed E-state index contributed by atoms with van der Waals surface area (Å²) in [6, 6.07) is 11.8. The average Bonchev–Trinajstić information content (AvgIpc) is 3.04. The molecule has 5 nitrogen and oxygen atoms in total. The van der Waals surface area contributed by atoms with Gasteiger partial charge in [0.15, 0.2) is 11.5 Å². The molecule has 130 valence electrons. The Kier molecular flexibility index (Phi) is 3.89. The molecule has 0 aliphatic carbocycles. The molecule has 1 unspecified atom stereocenters. The number of benzene rings is 2. The largest absolute Gasteiger partial charge is 0.503 e. The number of phenols is 1. The highest BCUT2D eigenvalue weighted by atomic mass is 79.9. The number of nitriles is 1. The standard InChI is InChI=1S/C20H15BrN2O3/c1-23-6-5-13-16(23)4-3-14-18(12(9-22)10-26-20(13)14)11-7-15(21)19(24)17(8-11)25-2/h3-8,10,18,24H,1-2H3. The van der Waals surface area contributed by atoms with Gasteiger partial charge in [-0.3, -0.25) is 0 Å². The number of ether oxygens (including phenoxy) is 2. The first-order valence-corrected chi connectivity index (χ1v) is 8.75. The van der Waals surface area contributed by atoms with E-state index in [4.69, 9.17) is 9.47 Å². The molecule has 0 radical (unpaired) electrons. The van der Waals surface area contributed by atoms with E-state index in [2.05, 4.69) is 22.0 Å². The van der Waals surface area contributed by atoms with E-state index in [0.717, 1.165) is 27.8 Å². The van der Waals surface area contributed by atoms with Gasteiger partial charge < -0.3 is 19.1 Å². The Balaban J connectivity index is 1.97. The molecular weight excluding hydrogens is 396 g/mol. The van der Waals surface area contributed by atoms with Crippen LogP contribution in [0.1, 0.15) is 17.0 Å². The Morgan fingerprint density at radius 3 is 2.85 bits per heavy atom. The lowest BCUT2D eigenvalue weighted by Crippen LogP contribution is -2.12. The topological polar surface area (TPSA) is 67.4 Å². The Morgan fingerprint density at radius 1 is 1.31 bits per heavy atom. The van der Waals surface area contributed by atoms with Crippen LogP contribution in [0.2, 0.25) is 0 Å². The van der Waals surface area contributed by atoms with Gasteiger partial charge in [-0.15, -0.1) is 0 Å². The maximum Gasteiger partial charge on any atom is 0.172 e. The van der Waals surface area contributed by atoms with Crippen LogP contribution in [0.15, 0.2) is 52.8 Å². The number of fused-ring (bicyclic) bond motifs is 3. The molecule has 2 heterocycles. The van der Waals surface area contributed by atoms with Crippen LogP contribution in [0.25, 0.3) is 10.9 Å². The van der Waals surface area contributed by atoms with E-state index in [-0.39, 0.29) is 11.7 Å². The summed E-state index contributed by atoms with van der Waals surface area (Å²) in [6.45, 7) is 0. The second-order valence-corrected chi connectivity index (χ2v) is 6.99. The number of hydrogen-bond acceptors (Lipinski definition) is 4. The third kappa shape index (κ3) is 2.36. The van der Waals surface area contributed by atoms with E-state index in [1.165, 1.54) is 13.4 Å². The van der Waals surface area contributed by atoms with E-state index < -0.39 is 0 Å². The average molecular weight is 411 g/mol. The van der Waals surface area contributed by atoms with Crippen LogP contribution in [0.3, 0.4) is 0 Å². The highest BCUT2D eigenvalue weighted by Gasteiger charge is 2.29. The summed E-state index contributed by atoms with van der Waals surface area (Å²) < 4.78 is 13.6. The molecule has 0 bridgehead atoms. The lowest BCUT2D eigenvalue weighted by atomic mass is 9.83. The van der Waals surface area contributed by atoms with Gasteiger partial charge in [-0.05, 0) is 45.8 Å². The zero-order valence-electron chi connectivity index (χ0n) is 14.2. The van der Waals surface area contributed by atoms with Crippen molar-refractivity contribution in [2.24, 2.45) is 7.05 Å². The third-order valence-corrected chi connectivity index (χ3v) is 5.31. The first-order chi connectivity index (χ1) is 12.5. The molecule has 1 aliphatic heterocycles. The predicted molar refractivity (Wildman–Crippen MR) is 101 cm³/mol. The van der Waals surface area contributed by atoms with E-state index in [0.29, 0.717) is 15.8 Å². The number of phenolic OH excluding ortho intramolecular Hbond substituents is 1. The molecule has 0 amide bonds. The fraction of sp³-hybridized carbons (Fsp3) is 0.150. The maximum absolute atomic E-state index is 10.1. The van der Waals surface area contributed by atoms with Gasteiger partial charge in [0.25, 0.3) is 0 Å². The maximum atomic E-state index is 10.1. The predicted octanol–water partition coefficient (Wildman–Crippen LogP) is 4.59. The molecular formula is C20H15BrN2O3. The monoisotopic (exact) mass is 410 g/mol. The molecule has 3 aromatic rings. The summed E-state index contributed by atoms with van der Waals surface area (Å²) in [5.41, 5.74) is 3.29. The lowest BCUT2D eigenvalue weighted by molar-refractivity contribution is 0.371. The smallest absolute Gasteiger partial charge is 0.172 e. The number of allylic oxidation sites excluding steroid dienone is 1. The highest BCUT2D eigenvalue weighted by molar-refractivity contribution is 9.10. The minimum Gasteiger partial charge on any atom is -0.503 e. The number of hydrogen-bond donors (Lipinski definition) is 1. The summed E-state index contributed by atoms with van der Waals surface area (Å²) in [5.74, 6) is 0.819. The SMILES string of the molecule is COc1cc(C2C(C#N)=COc3c2ccc2c3ccn2C)cc(Br)c1O. The van der Waals surface area contributed by atoms with Gasteiger partial charge in [0.1, 0.15) is 12.0 Å². The van der Waals surface area contributed by atoms with Gasteiger partial charge in [-0.1, -0.05) is 6.07 Å². The number of aromatic hydroxyl groups is 1. The van der Waals surface area contributed by atoms with Gasteiger partial charge in [0, 0.05) is 24.2 Å². The number of methoxy groups -OCH3 is 1. The molecule has 1 aromatic heterocycles. The molecule has 1 atom stereocenters. The Morgan fingerprint density at radius 2 is 2.12 bits per heavy atom. The fourth-order valence-corrected chi connectivity index (χ4v) is 3.88. The van der Waals surface area contributed by atoms with Crippen LogP contribution in [0, 0.1) is 11.3 Å². The second kappa shape index (κ2) is 6.11. The Bertz CT molecular complexity index is 1110. The first-order valence-electron chi connectivity index (χ1n) is 7.96. The summed E-state index contributed by atoms with van der Waals surface area (Å²) in [5, 5.41) is 20.7. The normalized spacial score (nSPS) is 15.8. The van der Waals surface area contributed by atoms with E-state index in [1.807, 2.05) is 36.0 Å². The zero-order valence-corrected chi connectivity index (χ0v) is 15.7. The summed E-state index contributed by atoms with van der Waals surface area (Å²) >= 11 is 3.36. The summed E-state index contributed by atoms with van der Waals surface area (Å²) in [4.78, 5) is 0.